The Morgan fingerprint density at radius 2 is 2.10 bits per heavy atom. The molecule has 0 aliphatic carbocycles. The number of rotatable bonds is 9. The number of hydrogen-bond donors (Lipinski definition) is 2. The first-order valence-electron chi connectivity index (χ1n) is 7.42. The summed E-state index contributed by atoms with van der Waals surface area (Å²) in [5.74, 6) is -1.17. The van der Waals surface area contributed by atoms with E-state index in [1.54, 1.807) is 6.07 Å². The Bertz CT molecular complexity index is 464. The van der Waals surface area contributed by atoms with Crippen LogP contribution in [0.25, 0.3) is 0 Å². The maximum absolute atomic E-state index is 14.1. The van der Waals surface area contributed by atoms with Crippen LogP contribution in [0.1, 0.15) is 39.2 Å². The molecule has 0 amide bonds. The van der Waals surface area contributed by atoms with Gasteiger partial charge in [-0.05, 0) is 24.1 Å². The second-order valence-corrected chi connectivity index (χ2v) is 5.45. The fourth-order valence-electron chi connectivity index (χ4n) is 2.09. The molecule has 0 aliphatic heterocycles. The maximum Gasteiger partial charge on any atom is 0.305 e. The fraction of sp³-hybridized carbons (Fsp3) is 0.562. The lowest BCUT2D eigenvalue weighted by Crippen LogP contribution is -2.28. The van der Waals surface area contributed by atoms with Gasteiger partial charge in [-0.1, -0.05) is 26.8 Å². The average Bonchev–Trinajstić information content (AvgIpc) is 2.42. The zero-order valence-electron chi connectivity index (χ0n) is 13.0. The molecule has 1 aromatic carbocycles. The van der Waals surface area contributed by atoms with Gasteiger partial charge in [-0.25, -0.2) is 4.39 Å². The Labute approximate surface area is 126 Å². The van der Waals surface area contributed by atoms with E-state index in [0.717, 1.165) is 12.0 Å². The Balaban J connectivity index is 2.88. The third kappa shape index (κ3) is 6.12. The van der Waals surface area contributed by atoms with Gasteiger partial charge >= 0.3 is 5.97 Å². The van der Waals surface area contributed by atoms with Crippen LogP contribution in [0.3, 0.4) is 0 Å². The van der Waals surface area contributed by atoms with Gasteiger partial charge in [0.1, 0.15) is 5.82 Å². The van der Waals surface area contributed by atoms with E-state index in [0.29, 0.717) is 31.4 Å². The molecule has 0 aliphatic rings. The molecule has 4 nitrogen and oxygen atoms in total. The van der Waals surface area contributed by atoms with Crippen molar-refractivity contribution in [2.75, 3.05) is 18.0 Å². The predicted octanol–water partition coefficient (Wildman–Crippen LogP) is 3.01. The highest BCUT2D eigenvalue weighted by Gasteiger charge is 2.13. The number of carbonyl (C=O) groups is 1. The highest BCUT2D eigenvalue weighted by molar-refractivity contribution is 5.67. The minimum absolute atomic E-state index is 0.00785. The molecule has 0 aromatic heterocycles. The van der Waals surface area contributed by atoms with E-state index in [2.05, 4.69) is 19.2 Å². The van der Waals surface area contributed by atoms with Crippen molar-refractivity contribution in [3.05, 3.63) is 29.6 Å². The summed E-state index contributed by atoms with van der Waals surface area (Å²) in [6, 6.07) is 5.38. The maximum atomic E-state index is 14.1. The van der Waals surface area contributed by atoms with Gasteiger partial charge in [0.25, 0.3) is 0 Å². The van der Waals surface area contributed by atoms with E-state index in [9.17, 15) is 9.18 Å². The minimum Gasteiger partial charge on any atom is -0.481 e. The summed E-state index contributed by atoms with van der Waals surface area (Å²) in [4.78, 5) is 12.5. The smallest absolute Gasteiger partial charge is 0.305 e. The molecule has 1 aromatic rings. The molecule has 21 heavy (non-hydrogen) atoms. The molecule has 118 valence electrons. The van der Waals surface area contributed by atoms with Crippen LogP contribution in [-0.2, 0) is 11.3 Å². The van der Waals surface area contributed by atoms with Crippen molar-refractivity contribution in [3.8, 4) is 0 Å². The van der Waals surface area contributed by atoms with E-state index >= 15 is 0 Å². The first kappa shape index (κ1) is 17.4. The first-order valence-corrected chi connectivity index (χ1v) is 7.42. The summed E-state index contributed by atoms with van der Waals surface area (Å²) < 4.78 is 14.1. The van der Waals surface area contributed by atoms with Crippen molar-refractivity contribution in [1.29, 1.82) is 0 Å². The molecule has 1 rings (SSSR count). The van der Waals surface area contributed by atoms with Crippen LogP contribution in [0.5, 0.6) is 0 Å². The molecule has 5 heteroatoms. The number of halogens is 1. The van der Waals surface area contributed by atoms with Crippen molar-refractivity contribution in [2.45, 2.75) is 46.2 Å². The number of benzene rings is 1. The standard InChI is InChI=1S/C16H25FN2O2/c1-4-8-19(9-7-16(20)21)15-10-13(5-6-14(15)17)11-18-12(2)3/h5-6,10,12,18H,4,7-9,11H2,1-3H3,(H,20,21). The summed E-state index contributed by atoms with van der Waals surface area (Å²) in [7, 11) is 0. The molecule has 0 bridgehead atoms. The number of carboxylic acid groups (broad SMARTS) is 1. The molecule has 2 N–H and O–H groups in total. The topological polar surface area (TPSA) is 52.6 Å². The van der Waals surface area contributed by atoms with E-state index in [1.807, 2.05) is 17.9 Å². The van der Waals surface area contributed by atoms with Crippen LogP contribution in [0.15, 0.2) is 18.2 Å². The third-order valence-electron chi connectivity index (χ3n) is 3.15. The van der Waals surface area contributed by atoms with Crippen LogP contribution in [0.4, 0.5) is 10.1 Å². The zero-order chi connectivity index (χ0) is 15.8. The van der Waals surface area contributed by atoms with Gasteiger partial charge in [-0.2, -0.15) is 0 Å². The van der Waals surface area contributed by atoms with E-state index in [4.69, 9.17) is 5.11 Å². The number of nitrogens with one attached hydrogen (secondary N) is 1. The van der Waals surface area contributed by atoms with Crippen LogP contribution >= 0.6 is 0 Å². The second kappa shape index (κ2) is 8.62. The summed E-state index contributed by atoms with van der Waals surface area (Å²) in [5, 5.41) is 12.1. The Morgan fingerprint density at radius 1 is 1.38 bits per heavy atom. The van der Waals surface area contributed by atoms with Gasteiger partial charge in [0.05, 0.1) is 12.1 Å². The van der Waals surface area contributed by atoms with Gasteiger partial charge in [0, 0.05) is 25.7 Å². The summed E-state index contributed by atoms with van der Waals surface area (Å²) in [5.41, 5.74) is 1.48. The monoisotopic (exact) mass is 296 g/mol. The predicted molar refractivity (Wildman–Crippen MR) is 83.1 cm³/mol. The van der Waals surface area contributed by atoms with Crippen LogP contribution in [-0.4, -0.2) is 30.2 Å². The molecule has 0 atom stereocenters. The number of carboxylic acids is 1. The second-order valence-electron chi connectivity index (χ2n) is 5.45. The van der Waals surface area contributed by atoms with Gasteiger partial charge in [0.2, 0.25) is 0 Å². The number of nitrogens with zero attached hydrogens (tertiary/aromatic N) is 1. The normalized spacial score (nSPS) is 10.9. The lowest BCUT2D eigenvalue weighted by Gasteiger charge is -2.25. The summed E-state index contributed by atoms with van der Waals surface area (Å²) >= 11 is 0. The van der Waals surface area contributed by atoms with Crippen molar-refractivity contribution >= 4 is 11.7 Å². The first-order chi connectivity index (χ1) is 9.93. The lowest BCUT2D eigenvalue weighted by molar-refractivity contribution is -0.136. The van der Waals surface area contributed by atoms with Gasteiger partial charge < -0.3 is 15.3 Å². The molecule has 0 spiro atoms. The van der Waals surface area contributed by atoms with Gasteiger partial charge in [-0.3, -0.25) is 4.79 Å². The molecule has 0 heterocycles. The largest absolute Gasteiger partial charge is 0.481 e. The number of aliphatic carboxylic acids is 1. The average molecular weight is 296 g/mol. The SMILES string of the molecule is CCCN(CCC(=O)O)c1cc(CNC(C)C)ccc1F. The zero-order valence-corrected chi connectivity index (χ0v) is 13.0. The van der Waals surface area contributed by atoms with Gasteiger partial charge in [0.15, 0.2) is 0 Å². The highest BCUT2D eigenvalue weighted by atomic mass is 19.1. The van der Waals surface area contributed by atoms with E-state index in [-0.39, 0.29) is 12.2 Å². The van der Waals surface area contributed by atoms with Crippen molar-refractivity contribution in [2.24, 2.45) is 0 Å². The molecule has 0 saturated heterocycles. The van der Waals surface area contributed by atoms with Crippen LogP contribution < -0.4 is 10.2 Å². The third-order valence-corrected chi connectivity index (χ3v) is 3.15. The fourth-order valence-corrected chi connectivity index (χ4v) is 2.09. The quantitative estimate of drug-likeness (QED) is 0.735. The Kier molecular flexibility index (Phi) is 7.15. The van der Waals surface area contributed by atoms with Crippen molar-refractivity contribution in [3.63, 3.8) is 0 Å². The van der Waals surface area contributed by atoms with Gasteiger partial charge in [-0.15, -0.1) is 0 Å². The van der Waals surface area contributed by atoms with Crippen LogP contribution in [0.2, 0.25) is 0 Å². The highest BCUT2D eigenvalue weighted by Crippen LogP contribution is 2.22. The molecular formula is C16H25FN2O2. The Hall–Kier alpha value is -1.62. The molecule has 0 fully saturated rings. The molecule has 0 saturated carbocycles. The van der Waals surface area contributed by atoms with Crippen molar-refractivity contribution in [1.82, 2.24) is 5.32 Å². The number of hydrogen-bond acceptors (Lipinski definition) is 3. The molecular weight excluding hydrogens is 271 g/mol. The number of anilines is 1. The minimum atomic E-state index is -0.867. The van der Waals surface area contributed by atoms with E-state index < -0.39 is 5.97 Å². The molecule has 0 radical (unpaired) electrons. The summed E-state index contributed by atoms with van der Waals surface area (Å²) in [6.45, 7) is 7.74. The van der Waals surface area contributed by atoms with E-state index in [1.165, 1.54) is 6.07 Å². The summed E-state index contributed by atoms with van der Waals surface area (Å²) in [6.07, 6.45) is 0.849. The van der Waals surface area contributed by atoms with Crippen molar-refractivity contribution < 1.29 is 14.3 Å². The lowest BCUT2D eigenvalue weighted by atomic mass is 10.1. The molecule has 0 unspecified atom stereocenters. The Morgan fingerprint density at radius 3 is 2.67 bits per heavy atom. The van der Waals surface area contributed by atoms with Crippen LogP contribution in [0, 0.1) is 5.82 Å².